The van der Waals surface area contributed by atoms with E-state index in [-0.39, 0.29) is 18.1 Å². The van der Waals surface area contributed by atoms with Gasteiger partial charge in [0.15, 0.2) is 5.78 Å². The van der Waals surface area contributed by atoms with Crippen molar-refractivity contribution < 1.29 is 19.4 Å². The van der Waals surface area contributed by atoms with Crippen LogP contribution >= 0.6 is 23.2 Å². The van der Waals surface area contributed by atoms with Crippen molar-refractivity contribution in [2.24, 2.45) is 0 Å². The Hall–Kier alpha value is -1.85. The molecular weight excluding hydrogens is 435 g/mol. The molecule has 0 aromatic heterocycles. The Bertz CT molecular complexity index is 1050. The van der Waals surface area contributed by atoms with Crippen molar-refractivity contribution in [1.29, 1.82) is 0 Å². The van der Waals surface area contributed by atoms with Gasteiger partial charge in [-0.2, -0.15) is 0 Å². The Balaban J connectivity index is 1.88. The fourth-order valence-electron chi connectivity index (χ4n) is 4.50. The van der Waals surface area contributed by atoms with Crippen LogP contribution in [0.5, 0.6) is 0 Å². The highest BCUT2D eigenvalue weighted by molar-refractivity contribution is 6.42. The molecule has 0 aliphatic carbocycles. The minimum atomic E-state index is -0.966. The number of halogens is 2. The van der Waals surface area contributed by atoms with E-state index < -0.39 is 11.7 Å². The third-order valence-electron chi connectivity index (χ3n) is 6.17. The lowest BCUT2D eigenvalue weighted by atomic mass is 9.77. The Morgan fingerprint density at radius 3 is 2.58 bits per heavy atom. The van der Waals surface area contributed by atoms with E-state index in [4.69, 9.17) is 32.7 Å². The van der Waals surface area contributed by atoms with E-state index in [1.807, 2.05) is 38.1 Å². The van der Waals surface area contributed by atoms with Crippen LogP contribution in [0.1, 0.15) is 44.2 Å². The smallest absolute Gasteiger partial charge is 0.195 e. The molecule has 2 atom stereocenters. The molecule has 4 nitrogen and oxygen atoms in total. The number of aryl methyl sites for hydroxylation is 1. The largest absolute Gasteiger partial charge is 0.508 e. The van der Waals surface area contributed by atoms with E-state index in [1.165, 1.54) is 0 Å². The van der Waals surface area contributed by atoms with Crippen molar-refractivity contribution in [1.82, 2.24) is 0 Å². The molecule has 2 aromatic rings. The molecule has 2 aliphatic heterocycles. The second-order valence-corrected chi connectivity index (χ2v) is 8.89. The molecule has 2 heterocycles. The SMILES string of the molecule is CCOCC12CCCC(O1)C(=O)C(c1cc(-c3ccc(Cl)c(Cl)c3)ccc1CC)=C2O. The molecule has 0 saturated carbocycles. The average molecular weight is 461 g/mol. The Labute approximate surface area is 192 Å². The third-order valence-corrected chi connectivity index (χ3v) is 6.91. The van der Waals surface area contributed by atoms with E-state index in [2.05, 4.69) is 0 Å². The van der Waals surface area contributed by atoms with Crippen LogP contribution in [-0.4, -0.2) is 35.8 Å². The number of rotatable bonds is 6. The molecule has 4 rings (SSSR count). The van der Waals surface area contributed by atoms with Gasteiger partial charge in [-0.05, 0) is 73.1 Å². The third kappa shape index (κ3) is 4.03. The summed E-state index contributed by atoms with van der Waals surface area (Å²) in [5.41, 5.74) is 2.91. The highest BCUT2D eigenvalue weighted by atomic mass is 35.5. The molecule has 1 saturated heterocycles. The van der Waals surface area contributed by atoms with E-state index >= 15 is 0 Å². The maximum Gasteiger partial charge on any atom is 0.195 e. The molecule has 2 aliphatic rings. The lowest BCUT2D eigenvalue weighted by Gasteiger charge is -2.44. The first-order valence-electron chi connectivity index (χ1n) is 10.7. The number of ketones is 1. The van der Waals surface area contributed by atoms with Gasteiger partial charge in [0.05, 0.1) is 22.2 Å². The predicted molar refractivity (Wildman–Crippen MR) is 124 cm³/mol. The number of aliphatic hydroxyl groups is 1. The molecule has 31 heavy (non-hydrogen) atoms. The quantitative estimate of drug-likeness (QED) is 0.540. The van der Waals surface area contributed by atoms with E-state index in [0.717, 1.165) is 35.1 Å². The van der Waals surface area contributed by atoms with Crippen LogP contribution in [0.15, 0.2) is 42.2 Å². The zero-order valence-electron chi connectivity index (χ0n) is 17.7. The molecule has 164 valence electrons. The zero-order valence-corrected chi connectivity index (χ0v) is 19.2. The van der Waals surface area contributed by atoms with Crippen molar-refractivity contribution in [3.8, 4) is 11.1 Å². The minimum absolute atomic E-state index is 0.0112. The van der Waals surface area contributed by atoms with Crippen LogP contribution in [0.2, 0.25) is 10.0 Å². The fraction of sp³-hybridized carbons (Fsp3) is 0.400. The molecule has 1 fully saturated rings. The summed E-state index contributed by atoms with van der Waals surface area (Å²) in [5.74, 6) is -0.173. The summed E-state index contributed by atoms with van der Waals surface area (Å²) >= 11 is 12.3. The highest BCUT2D eigenvalue weighted by Crippen LogP contribution is 2.45. The number of ether oxygens (including phenoxy) is 2. The maximum atomic E-state index is 13.4. The molecule has 0 radical (unpaired) electrons. The number of carbonyl (C=O) groups is 1. The van der Waals surface area contributed by atoms with Gasteiger partial charge in [0.25, 0.3) is 0 Å². The van der Waals surface area contributed by atoms with Gasteiger partial charge in [-0.25, -0.2) is 0 Å². The van der Waals surface area contributed by atoms with Gasteiger partial charge in [-0.1, -0.05) is 48.3 Å². The molecule has 1 N–H and O–H groups in total. The summed E-state index contributed by atoms with van der Waals surface area (Å²) < 4.78 is 11.7. The average Bonchev–Trinajstić information content (AvgIpc) is 2.79. The van der Waals surface area contributed by atoms with Crippen molar-refractivity contribution >= 4 is 34.6 Å². The lowest BCUT2D eigenvalue weighted by molar-refractivity contribution is -0.170. The molecule has 2 aromatic carbocycles. The minimum Gasteiger partial charge on any atom is -0.508 e. The first kappa shape index (κ1) is 22.3. The van der Waals surface area contributed by atoms with Crippen LogP contribution in [-0.2, 0) is 20.7 Å². The van der Waals surface area contributed by atoms with Crippen molar-refractivity contribution in [2.45, 2.75) is 51.2 Å². The van der Waals surface area contributed by atoms with E-state index in [9.17, 15) is 9.90 Å². The number of benzene rings is 2. The summed E-state index contributed by atoms with van der Waals surface area (Å²) in [6.07, 6.45) is 2.26. The number of fused-ring (bicyclic) bond motifs is 2. The summed E-state index contributed by atoms with van der Waals surface area (Å²) in [7, 11) is 0. The predicted octanol–water partition coefficient (Wildman–Crippen LogP) is 6.42. The number of aliphatic hydroxyl groups excluding tert-OH is 1. The monoisotopic (exact) mass is 460 g/mol. The van der Waals surface area contributed by atoms with E-state index in [0.29, 0.717) is 35.1 Å². The van der Waals surface area contributed by atoms with Gasteiger partial charge in [-0.3, -0.25) is 4.79 Å². The maximum absolute atomic E-state index is 13.4. The number of hydrogen-bond donors (Lipinski definition) is 1. The lowest BCUT2D eigenvalue weighted by Crippen LogP contribution is -2.53. The Morgan fingerprint density at radius 2 is 1.87 bits per heavy atom. The second-order valence-electron chi connectivity index (χ2n) is 8.07. The first-order valence-corrected chi connectivity index (χ1v) is 11.5. The number of carbonyl (C=O) groups excluding carboxylic acids is 1. The summed E-state index contributed by atoms with van der Waals surface area (Å²) in [6.45, 7) is 4.69. The number of hydrogen-bond acceptors (Lipinski definition) is 4. The summed E-state index contributed by atoms with van der Waals surface area (Å²) in [6, 6.07) is 11.4. The zero-order chi connectivity index (χ0) is 22.2. The van der Waals surface area contributed by atoms with Crippen LogP contribution < -0.4 is 0 Å². The fourth-order valence-corrected chi connectivity index (χ4v) is 4.80. The van der Waals surface area contributed by atoms with Crippen LogP contribution in [0.3, 0.4) is 0 Å². The van der Waals surface area contributed by atoms with Crippen molar-refractivity contribution in [3.63, 3.8) is 0 Å². The molecule has 0 amide bonds. The van der Waals surface area contributed by atoms with Gasteiger partial charge >= 0.3 is 0 Å². The summed E-state index contributed by atoms with van der Waals surface area (Å²) in [5, 5.41) is 12.3. The van der Waals surface area contributed by atoms with Gasteiger partial charge in [-0.15, -0.1) is 0 Å². The highest BCUT2D eigenvalue weighted by Gasteiger charge is 2.50. The Morgan fingerprint density at radius 1 is 1.13 bits per heavy atom. The van der Waals surface area contributed by atoms with Crippen molar-refractivity contribution in [3.05, 3.63) is 63.3 Å². The normalized spacial score (nSPS) is 23.4. The van der Waals surface area contributed by atoms with Crippen molar-refractivity contribution in [2.75, 3.05) is 13.2 Å². The summed E-state index contributed by atoms with van der Waals surface area (Å²) in [4.78, 5) is 13.4. The molecule has 0 spiro atoms. The van der Waals surface area contributed by atoms with Gasteiger partial charge in [0.2, 0.25) is 0 Å². The van der Waals surface area contributed by atoms with Gasteiger partial charge in [0.1, 0.15) is 17.5 Å². The number of Topliss-reactive ketones (excluding diaryl/α,β-unsaturated/α-hetero) is 1. The molecule has 2 bridgehead atoms. The molecule has 6 heteroatoms. The first-order chi connectivity index (χ1) is 14.9. The second kappa shape index (κ2) is 8.95. The molecular formula is C25H26Cl2O4. The van der Waals surface area contributed by atoms with Gasteiger partial charge < -0.3 is 14.6 Å². The van der Waals surface area contributed by atoms with Crippen LogP contribution in [0.4, 0.5) is 0 Å². The van der Waals surface area contributed by atoms with Crippen LogP contribution in [0.25, 0.3) is 16.7 Å². The Kier molecular flexibility index (Phi) is 6.45. The van der Waals surface area contributed by atoms with Crippen LogP contribution in [0, 0.1) is 0 Å². The molecule has 2 unspecified atom stereocenters. The standard InChI is InChI=1S/C25H26Cl2O4/c1-3-15-7-8-16(17-9-10-19(26)20(27)13-17)12-18(15)22-23(28)21-6-5-11-25(31-21,24(22)29)14-30-4-2/h7-10,12-13,21,29H,3-6,11,14H2,1-2H3. The van der Waals surface area contributed by atoms with Gasteiger partial charge in [0, 0.05) is 6.61 Å². The van der Waals surface area contributed by atoms with E-state index in [1.54, 1.807) is 12.1 Å². The topological polar surface area (TPSA) is 55.8 Å².